The Bertz CT molecular complexity index is 1080. The number of rotatable bonds is 1. The number of benzene rings is 2. The standard InChI is InChI=1S/C23H24N4O/c1-2-4-20-18(3-1)19-15-27(8-7-21(19)24-20)17-6-5-16-13-23(25-22(16)14-17)26-9-11-28-12-10-26/h1-6,14,24H,7-13,15H2. The number of anilines is 1. The average Bonchev–Trinajstić information content (AvgIpc) is 3.34. The Balaban J connectivity index is 1.28. The molecule has 3 aliphatic rings. The largest absolute Gasteiger partial charge is 0.378 e. The molecule has 0 aliphatic carbocycles. The van der Waals surface area contributed by atoms with E-state index in [2.05, 4.69) is 57.2 Å². The lowest BCUT2D eigenvalue weighted by Crippen LogP contribution is -2.40. The van der Waals surface area contributed by atoms with Crippen molar-refractivity contribution in [1.82, 2.24) is 9.88 Å². The molecule has 0 amide bonds. The molecule has 3 aromatic rings. The van der Waals surface area contributed by atoms with Crippen molar-refractivity contribution in [2.24, 2.45) is 4.99 Å². The Morgan fingerprint density at radius 1 is 0.964 bits per heavy atom. The topological polar surface area (TPSA) is 43.9 Å². The zero-order chi connectivity index (χ0) is 18.5. The highest BCUT2D eigenvalue weighted by molar-refractivity contribution is 5.93. The van der Waals surface area contributed by atoms with E-state index in [4.69, 9.17) is 9.73 Å². The molecule has 2 aromatic carbocycles. The molecule has 0 atom stereocenters. The Labute approximate surface area is 164 Å². The van der Waals surface area contributed by atoms with Crippen molar-refractivity contribution in [2.75, 3.05) is 37.7 Å². The normalized spacial score (nSPS) is 18.9. The highest BCUT2D eigenvalue weighted by atomic mass is 16.5. The van der Waals surface area contributed by atoms with Crippen molar-refractivity contribution in [3.8, 4) is 0 Å². The summed E-state index contributed by atoms with van der Waals surface area (Å²) in [5.74, 6) is 1.20. The third kappa shape index (κ3) is 2.61. The molecule has 28 heavy (non-hydrogen) atoms. The van der Waals surface area contributed by atoms with E-state index < -0.39 is 0 Å². The second-order valence-corrected chi connectivity index (χ2v) is 7.92. The summed E-state index contributed by atoms with van der Waals surface area (Å²) in [6.45, 7) is 5.52. The zero-order valence-corrected chi connectivity index (χ0v) is 15.9. The molecule has 1 saturated heterocycles. The van der Waals surface area contributed by atoms with Crippen LogP contribution in [0.4, 0.5) is 11.4 Å². The summed E-state index contributed by atoms with van der Waals surface area (Å²) in [6, 6.07) is 15.5. The van der Waals surface area contributed by atoms with Crippen LogP contribution in [0, 0.1) is 0 Å². The fourth-order valence-corrected chi connectivity index (χ4v) is 4.74. The van der Waals surface area contributed by atoms with E-state index in [1.807, 2.05) is 0 Å². The summed E-state index contributed by atoms with van der Waals surface area (Å²) in [7, 11) is 0. The lowest BCUT2D eigenvalue weighted by atomic mass is 10.0. The number of para-hydroxylation sites is 1. The van der Waals surface area contributed by atoms with E-state index in [1.165, 1.54) is 39.2 Å². The van der Waals surface area contributed by atoms with Gasteiger partial charge in [-0.05, 0) is 23.8 Å². The molecule has 0 spiro atoms. The highest BCUT2D eigenvalue weighted by Gasteiger charge is 2.24. The summed E-state index contributed by atoms with van der Waals surface area (Å²) in [4.78, 5) is 13.4. The Kier molecular flexibility index (Phi) is 3.69. The molecule has 0 radical (unpaired) electrons. The van der Waals surface area contributed by atoms with Gasteiger partial charge in [0.05, 0.1) is 18.9 Å². The van der Waals surface area contributed by atoms with Gasteiger partial charge in [0.15, 0.2) is 0 Å². The SMILES string of the molecule is c1ccc2c3c([nH]c2c1)CCN(c1ccc2c(c1)N=C(N1CCOCC1)C2)C3. The predicted molar refractivity (Wildman–Crippen MR) is 113 cm³/mol. The van der Waals surface area contributed by atoms with Crippen molar-refractivity contribution in [3.63, 3.8) is 0 Å². The van der Waals surface area contributed by atoms with Gasteiger partial charge in [-0.25, -0.2) is 4.99 Å². The van der Waals surface area contributed by atoms with Gasteiger partial charge in [0.2, 0.25) is 0 Å². The molecular formula is C23H24N4O. The molecule has 1 fully saturated rings. The van der Waals surface area contributed by atoms with Gasteiger partial charge in [-0.1, -0.05) is 24.3 Å². The maximum Gasteiger partial charge on any atom is 0.109 e. The van der Waals surface area contributed by atoms with E-state index >= 15 is 0 Å². The van der Waals surface area contributed by atoms with Gasteiger partial charge in [0.1, 0.15) is 5.84 Å². The molecule has 6 rings (SSSR count). The first kappa shape index (κ1) is 16.2. The van der Waals surface area contributed by atoms with Crippen LogP contribution < -0.4 is 4.90 Å². The number of morpholine rings is 1. The van der Waals surface area contributed by atoms with E-state index in [0.29, 0.717) is 0 Å². The molecule has 0 unspecified atom stereocenters. The molecule has 5 heteroatoms. The van der Waals surface area contributed by atoms with E-state index in [9.17, 15) is 0 Å². The molecule has 3 aliphatic heterocycles. The minimum absolute atomic E-state index is 0.807. The average molecular weight is 372 g/mol. The summed E-state index contributed by atoms with van der Waals surface area (Å²) in [6.07, 6.45) is 2.01. The van der Waals surface area contributed by atoms with Crippen LogP contribution in [0.5, 0.6) is 0 Å². The first-order valence-corrected chi connectivity index (χ1v) is 10.2. The number of hydrogen-bond acceptors (Lipinski definition) is 4. The van der Waals surface area contributed by atoms with Crippen molar-refractivity contribution in [3.05, 3.63) is 59.3 Å². The van der Waals surface area contributed by atoms with Crippen LogP contribution in [0.3, 0.4) is 0 Å². The molecule has 0 bridgehead atoms. The van der Waals surface area contributed by atoms with Crippen LogP contribution in [-0.4, -0.2) is 48.6 Å². The first-order valence-electron chi connectivity index (χ1n) is 10.2. The molecule has 1 N–H and O–H groups in total. The fourth-order valence-electron chi connectivity index (χ4n) is 4.74. The van der Waals surface area contributed by atoms with Crippen molar-refractivity contribution in [1.29, 1.82) is 0 Å². The van der Waals surface area contributed by atoms with E-state index in [-0.39, 0.29) is 0 Å². The van der Waals surface area contributed by atoms with Gasteiger partial charge in [-0.2, -0.15) is 0 Å². The number of nitrogens with zero attached hydrogens (tertiary/aromatic N) is 3. The second kappa shape index (κ2) is 6.38. The maximum absolute atomic E-state index is 5.48. The van der Waals surface area contributed by atoms with Gasteiger partial charge in [-0.15, -0.1) is 0 Å². The fraction of sp³-hybridized carbons (Fsp3) is 0.348. The Hall–Kier alpha value is -2.79. The van der Waals surface area contributed by atoms with Crippen LogP contribution >= 0.6 is 0 Å². The van der Waals surface area contributed by atoms with E-state index in [1.54, 1.807) is 0 Å². The molecular weight excluding hydrogens is 348 g/mol. The summed E-state index contributed by atoms with van der Waals surface area (Å²) < 4.78 is 5.48. The summed E-state index contributed by atoms with van der Waals surface area (Å²) >= 11 is 0. The minimum atomic E-state index is 0.807. The smallest absolute Gasteiger partial charge is 0.109 e. The van der Waals surface area contributed by atoms with Crippen molar-refractivity contribution >= 4 is 28.1 Å². The van der Waals surface area contributed by atoms with Crippen LogP contribution in [0.1, 0.15) is 16.8 Å². The lowest BCUT2D eigenvalue weighted by molar-refractivity contribution is 0.0675. The van der Waals surface area contributed by atoms with E-state index in [0.717, 1.165) is 57.9 Å². The number of aromatic amines is 1. The summed E-state index contributed by atoms with van der Waals surface area (Å²) in [5.41, 5.74) is 7.86. The van der Waals surface area contributed by atoms with Gasteiger partial charge >= 0.3 is 0 Å². The molecule has 4 heterocycles. The number of amidine groups is 1. The number of ether oxygens (including phenoxy) is 1. The number of aliphatic imine (C=N–C) groups is 1. The number of fused-ring (bicyclic) bond motifs is 4. The van der Waals surface area contributed by atoms with Crippen LogP contribution in [0.25, 0.3) is 10.9 Å². The number of aromatic nitrogens is 1. The third-order valence-corrected chi connectivity index (χ3v) is 6.29. The monoisotopic (exact) mass is 372 g/mol. The van der Waals surface area contributed by atoms with Crippen molar-refractivity contribution < 1.29 is 4.74 Å². The summed E-state index contributed by atoms with van der Waals surface area (Å²) in [5, 5.41) is 1.36. The lowest BCUT2D eigenvalue weighted by Gasteiger charge is -2.29. The number of hydrogen-bond donors (Lipinski definition) is 1. The molecule has 5 nitrogen and oxygen atoms in total. The quantitative estimate of drug-likeness (QED) is 0.709. The van der Waals surface area contributed by atoms with Gasteiger partial charge < -0.3 is 19.5 Å². The minimum Gasteiger partial charge on any atom is -0.378 e. The molecule has 0 saturated carbocycles. The second-order valence-electron chi connectivity index (χ2n) is 7.92. The number of H-pyrrole nitrogens is 1. The predicted octanol–water partition coefficient (Wildman–Crippen LogP) is 3.65. The van der Waals surface area contributed by atoms with Gasteiger partial charge in [0, 0.05) is 66.9 Å². The Morgan fingerprint density at radius 2 is 1.86 bits per heavy atom. The maximum atomic E-state index is 5.48. The zero-order valence-electron chi connectivity index (χ0n) is 15.9. The van der Waals surface area contributed by atoms with Gasteiger partial charge in [0.25, 0.3) is 0 Å². The number of nitrogens with one attached hydrogen (secondary N) is 1. The van der Waals surface area contributed by atoms with Crippen LogP contribution in [0.15, 0.2) is 47.5 Å². The molecule has 142 valence electrons. The molecule has 1 aromatic heterocycles. The van der Waals surface area contributed by atoms with Gasteiger partial charge in [-0.3, -0.25) is 0 Å². The van der Waals surface area contributed by atoms with Crippen molar-refractivity contribution in [2.45, 2.75) is 19.4 Å². The third-order valence-electron chi connectivity index (χ3n) is 6.29. The Morgan fingerprint density at radius 3 is 2.79 bits per heavy atom. The van der Waals surface area contributed by atoms with Crippen LogP contribution in [-0.2, 0) is 24.1 Å². The highest BCUT2D eigenvalue weighted by Crippen LogP contribution is 2.35. The first-order chi connectivity index (χ1) is 13.8. The van der Waals surface area contributed by atoms with Crippen LogP contribution in [0.2, 0.25) is 0 Å².